The Morgan fingerprint density at radius 1 is 1.40 bits per heavy atom. The molecule has 7 heteroatoms. The van der Waals surface area contributed by atoms with E-state index in [0.29, 0.717) is 16.8 Å². The molecular weight excluding hydrogens is 264 g/mol. The number of nitrogens with two attached hydrogens (primary N) is 1. The van der Waals surface area contributed by atoms with E-state index in [9.17, 15) is 4.39 Å². The lowest BCUT2D eigenvalue weighted by atomic mass is 9.78. The lowest BCUT2D eigenvalue weighted by Gasteiger charge is -2.13. The van der Waals surface area contributed by atoms with Crippen LogP contribution in [-0.2, 0) is 15.9 Å². The normalized spacial score (nSPS) is 18.7. The number of rotatable bonds is 1. The van der Waals surface area contributed by atoms with Gasteiger partial charge in [-0.1, -0.05) is 13.8 Å². The zero-order valence-corrected chi connectivity index (χ0v) is 12.1. The first-order valence-corrected chi connectivity index (χ1v) is 6.69. The molecule has 2 aliphatic heterocycles. The first-order chi connectivity index (χ1) is 9.79. The van der Waals surface area contributed by atoms with E-state index in [0.717, 1.165) is 0 Å². The van der Waals surface area contributed by atoms with Crippen LogP contribution in [0.15, 0.2) is 12.1 Å². The number of hydrogen-bond donors (Lipinski definition) is 2. The molecule has 1 aromatic rings. The molecule has 0 bridgehead atoms. The van der Waals surface area contributed by atoms with Crippen molar-refractivity contribution in [1.29, 1.82) is 0 Å². The maximum Gasteiger partial charge on any atom is 0.498 e. The molecular formula is C13H21BFNO4. The summed E-state index contributed by atoms with van der Waals surface area (Å²) >= 11 is 0. The summed E-state index contributed by atoms with van der Waals surface area (Å²) in [4.78, 5) is 0. The van der Waals surface area contributed by atoms with Crippen molar-refractivity contribution in [3.63, 3.8) is 0 Å². The highest BCUT2D eigenvalue weighted by atomic mass is 19.1. The molecule has 3 rings (SSSR count). The molecule has 3 N–H and O–H groups in total. The Morgan fingerprint density at radius 2 is 2.10 bits per heavy atom. The second-order valence-corrected chi connectivity index (χ2v) is 3.83. The smallest absolute Gasteiger partial charge is 0.491 e. The van der Waals surface area contributed by atoms with Crippen molar-refractivity contribution in [3.05, 3.63) is 23.5 Å². The highest BCUT2D eigenvalue weighted by Crippen LogP contribution is 2.25. The third-order valence-electron chi connectivity index (χ3n) is 2.82. The predicted octanol–water partition coefficient (Wildman–Crippen LogP) is 0.422. The van der Waals surface area contributed by atoms with Crippen LogP contribution in [0.2, 0.25) is 0 Å². The average Bonchev–Trinajstić information content (AvgIpc) is 2.85. The maximum atomic E-state index is 13.5. The van der Waals surface area contributed by atoms with Gasteiger partial charge in [0, 0.05) is 11.0 Å². The molecule has 0 aromatic heterocycles. The van der Waals surface area contributed by atoms with Gasteiger partial charge in [0.1, 0.15) is 24.3 Å². The molecule has 5 nitrogen and oxygen atoms in total. The predicted molar refractivity (Wildman–Crippen MR) is 75.5 cm³/mol. The number of halogens is 1. The monoisotopic (exact) mass is 285 g/mol. The number of aliphatic hydroxyl groups is 1. The van der Waals surface area contributed by atoms with E-state index in [4.69, 9.17) is 19.2 Å². The Bertz CT molecular complexity index is 433. The van der Waals surface area contributed by atoms with Crippen molar-refractivity contribution >= 4 is 12.6 Å². The molecule has 112 valence electrons. The summed E-state index contributed by atoms with van der Waals surface area (Å²) in [6.45, 7) is 4.28. The number of hydrogen-bond acceptors (Lipinski definition) is 5. The van der Waals surface area contributed by atoms with Gasteiger partial charge in [-0.05, 0) is 19.2 Å². The Hall–Kier alpha value is -1.15. The molecule has 1 atom stereocenters. The molecule has 2 aliphatic rings. The maximum absolute atomic E-state index is 13.5. The number of benzene rings is 1. The van der Waals surface area contributed by atoms with Gasteiger partial charge < -0.3 is 24.9 Å². The van der Waals surface area contributed by atoms with Crippen molar-refractivity contribution in [1.82, 2.24) is 0 Å². The van der Waals surface area contributed by atoms with E-state index in [1.807, 2.05) is 13.8 Å². The van der Waals surface area contributed by atoms with Gasteiger partial charge >= 0.3 is 7.12 Å². The van der Waals surface area contributed by atoms with E-state index < -0.39 is 13.2 Å². The highest BCUT2D eigenvalue weighted by Gasteiger charge is 2.40. The second-order valence-electron chi connectivity index (χ2n) is 3.83. The molecule has 0 spiro atoms. The molecule has 0 saturated carbocycles. The van der Waals surface area contributed by atoms with Crippen molar-refractivity contribution in [2.45, 2.75) is 26.6 Å². The lowest BCUT2D eigenvalue weighted by molar-refractivity contribution is 0.0569. The molecule has 0 saturated heterocycles. The topological polar surface area (TPSA) is 73.9 Å². The summed E-state index contributed by atoms with van der Waals surface area (Å²) in [6, 6.07) is 2.93. The fraction of sp³-hybridized carbons (Fsp3) is 0.538. The van der Waals surface area contributed by atoms with Gasteiger partial charge in [-0.2, -0.15) is 0 Å². The van der Waals surface area contributed by atoms with E-state index >= 15 is 0 Å². The summed E-state index contributed by atoms with van der Waals surface area (Å²) in [5, 5.41) is 9.05. The summed E-state index contributed by atoms with van der Waals surface area (Å²) < 4.78 is 29.8. The Balaban J connectivity index is 0.000000461. The van der Waals surface area contributed by atoms with Crippen LogP contribution in [0.25, 0.3) is 0 Å². The molecule has 1 unspecified atom stereocenters. The zero-order chi connectivity index (χ0) is 15.1. The summed E-state index contributed by atoms with van der Waals surface area (Å²) in [5.74, 6) is 0.269. The molecule has 0 fully saturated rings. The molecule has 0 radical (unpaired) electrons. The molecule has 0 aliphatic carbocycles. The summed E-state index contributed by atoms with van der Waals surface area (Å²) in [6.07, 6.45) is -0.439. The fourth-order valence-electron chi connectivity index (χ4n) is 1.99. The standard InChI is InChI=1S/C10H10BFO4.C2H6.CH5N/c12-8-1-2-9-10-7(8)5-15-11(10)16-6(3-13)4-14-9;2*1-2/h1-2,6,13H,3-5H2;1-2H3;2H2,1H3. The van der Waals surface area contributed by atoms with Gasteiger partial charge in [0.25, 0.3) is 0 Å². The minimum atomic E-state index is -0.625. The number of aliphatic hydroxyl groups excluding tert-OH is 1. The van der Waals surface area contributed by atoms with Gasteiger partial charge in [-0.15, -0.1) is 0 Å². The lowest BCUT2D eigenvalue weighted by Crippen LogP contribution is -2.36. The molecule has 0 amide bonds. The summed E-state index contributed by atoms with van der Waals surface area (Å²) in [7, 11) is 0.875. The Kier molecular flexibility index (Phi) is 6.94. The van der Waals surface area contributed by atoms with E-state index in [-0.39, 0.29) is 25.6 Å². The average molecular weight is 285 g/mol. The van der Waals surface area contributed by atoms with E-state index in [1.54, 1.807) is 6.07 Å². The Labute approximate surface area is 119 Å². The van der Waals surface area contributed by atoms with E-state index in [2.05, 4.69) is 5.73 Å². The van der Waals surface area contributed by atoms with Crippen LogP contribution in [0.5, 0.6) is 5.75 Å². The van der Waals surface area contributed by atoms with Gasteiger partial charge in [-0.25, -0.2) is 4.39 Å². The van der Waals surface area contributed by atoms with Crippen LogP contribution in [0, 0.1) is 5.82 Å². The van der Waals surface area contributed by atoms with Crippen molar-refractivity contribution < 1.29 is 23.5 Å². The van der Waals surface area contributed by atoms with Gasteiger partial charge in [-0.3, -0.25) is 0 Å². The largest absolute Gasteiger partial charge is 0.498 e. The van der Waals surface area contributed by atoms with Crippen LogP contribution >= 0.6 is 0 Å². The fourth-order valence-corrected chi connectivity index (χ4v) is 1.99. The minimum absolute atomic E-state index is 0.147. The Morgan fingerprint density at radius 3 is 2.75 bits per heavy atom. The van der Waals surface area contributed by atoms with E-state index in [1.165, 1.54) is 13.1 Å². The zero-order valence-electron chi connectivity index (χ0n) is 12.1. The van der Waals surface area contributed by atoms with Crippen LogP contribution in [0.4, 0.5) is 4.39 Å². The molecule has 1 aromatic carbocycles. The van der Waals surface area contributed by atoms with Crippen molar-refractivity contribution in [2.75, 3.05) is 20.3 Å². The van der Waals surface area contributed by atoms with Crippen LogP contribution in [0.3, 0.4) is 0 Å². The minimum Gasteiger partial charge on any atom is -0.491 e. The van der Waals surface area contributed by atoms with Gasteiger partial charge in [0.05, 0.1) is 13.2 Å². The van der Waals surface area contributed by atoms with Crippen molar-refractivity contribution in [3.8, 4) is 5.75 Å². The number of ether oxygens (including phenoxy) is 1. The quantitative estimate of drug-likeness (QED) is 0.732. The van der Waals surface area contributed by atoms with Crippen LogP contribution in [0.1, 0.15) is 19.4 Å². The first kappa shape index (κ1) is 16.9. The third-order valence-corrected chi connectivity index (χ3v) is 2.82. The first-order valence-electron chi connectivity index (χ1n) is 6.69. The highest BCUT2D eigenvalue weighted by molar-refractivity contribution is 6.64. The molecule has 20 heavy (non-hydrogen) atoms. The second kappa shape index (κ2) is 8.21. The van der Waals surface area contributed by atoms with Crippen LogP contribution in [-0.4, -0.2) is 38.6 Å². The van der Waals surface area contributed by atoms with Gasteiger partial charge in [0.15, 0.2) is 0 Å². The SMILES string of the molecule is CC.CN.OCC1COc2ccc(F)c3c2B(OC3)O1. The summed E-state index contributed by atoms with van der Waals surface area (Å²) in [5.41, 5.74) is 5.61. The van der Waals surface area contributed by atoms with Crippen molar-refractivity contribution in [2.24, 2.45) is 5.73 Å². The third kappa shape index (κ3) is 3.30. The van der Waals surface area contributed by atoms with Gasteiger partial charge in [0.2, 0.25) is 0 Å². The molecule has 2 heterocycles. The van der Waals surface area contributed by atoms with Crippen LogP contribution < -0.4 is 15.9 Å².